The van der Waals surface area contributed by atoms with E-state index in [2.05, 4.69) is 62.2 Å². The zero-order chi connectivity index (χ0) is 18.4. The first-order valence-electron chi connectivity index (χ1n) is 10.1. The van der Waals surface area contributed by atoms with Crippen LogP contribution < -0.4 is 5.32 Å². The summed E-state index contributed by atoms with van der Waals surface area (Å²) in [6, 6.07) is 9.59. The van der Waals surface area contributed by atoms with E-state index in [1.54, 1.807) is 0 Å². The predicted molar refractivity (Wildman–Crippen MR) is 107 cm³/mol. The van der Waals surface area contributed by atoms with Crippen molar-refractivity contribution in [3.63, 3.8) is 0 Å². The Kier molecular flexibility index (Phi) is 7.48. The van der Waals surface area contributed by atoms with Gasteiger partial charge in [0, 0.05) is 18.1 Å². The van der Waals surface area contributed by atoms with Gasteiger partial charge in [0.25, 0.3) is 0 Å². The molecule has 0 spiro atoms. The zero-order valence-electron chi connectivity index (χ0n) is 16.9. The number of rotatable bonds is 9. The third kappa shape index (κ3) is 5.54. The Morgan fingerprint density at radius 3 is 2.76 bits per heavy atom. The molecule has 2 rings (SSSR count). The first-order valence-corrected chi connectivity index (χ1v) is 10.1. The van der Waals surface area contributed by atoms with Gasteiger partial charge in [-0.05, 0) is 69.7 Å². The Morgan fingerprint density at radius 1 is 1.32 bits per heavy atom. The first-order chi connectivity index (χ1) is 11.9. The molecule has 0 aromatic heterocycles. The lowest BCUT2D eigenvalue weighted by Gasteiger charge is -2.32. The van der Waals surface area contributed by atoms with E-state index < -0.39 is 0 Å². The molecule has 3 heteroatoms. The van der Waals surface area contributed by atoms with E-state index in [4.69, 9.17) is 0 Å². The van der Waals surface area contributed by atoms with E-state index in [0.717, 1.165) is 25.9 Å². The normalized spacial score (nSPS) is 21.4. The van der Waals surface area contributed by atoms with E-state index >= 15 is 0 Å². The van der Waals surface area contributed by atoms with Gasteiger partial charge in [0.15, 0.2) is 0 Å². The molecule has 0 aliphatic carbocycles. The Labute approximate surface area is 154 Å². The minimum Gasteiger partial charge on any atom is -0.393 e. The molecule has 1 fully saturated rings. The second kappa shape index (κ2) is 9.16. The molecule has 0 bridgehead atoms. The van der Waals surface area contributed by atoms with Crippen LogP contribution in [0.4, 0.5) is 0 Å². The maximum atomic E-state index is 9.96. The summed E-state index contributed by atoms with van der Waals surface area (Å²) in [5.41, 5.74) is 2.63. The fourth-order valence-electron chi connectivity index (χ4n) is 3.96. The largest absolute Gasteiger partial charge is 0.393 e. The van der Waals surface area contributed by atoms with Gasteiger partial charge < -0.3 is 10.4 Å². The molecule has 1 aromatic rings. The molecule has 1 aromatic carbocycles. The number of hydrogen-bond acceptors (Lipinski definition) is 3. The molecule has 1 aliphatic rings. The summed E-state index contributed by atoms with van der Waals surface area (Å²) in [5.74, 6) is 0.385. The Morgan fingerprint density at radius 2 is 2.08 bits per heavy atom. The summed E-state index contributed by atoms with van der Waals surface area (Å²) in [7, 11) is 0. The van der Waals surface area contributed by atoms with Gasteiger partial charge in [0.05, 0.1) is 6.10 Å². The minimum atomic E-state index is -0.202. The van der Waals surface area contributed by atoms with Gasteiger partial charge in [-0.25, -0.2) is 0 Å². The van der Waals surface area contributed by atoms with E-state index in [-0.39, 0.29) is 11.6 Å². The summed E-state index contributed by atoms with van der Waals surface area (Å²) in [4.78, 5) is 2.59. The van der Waals surface area contributed by atoms with Crippen LogP contribution in [0.2, 0.25) is 0 Å². The third-order valence-electron chi connectivity index (χ3n) is 5.96. The fourth-order valence-corrected chi connectivity index (χ4v) is 3.96. The summed E-state index contributed by atoms with van der Waals surface area (Å²) < 4.78 is 0. The number of likely N-dealkylation sites (tertiary alicyclic amines) is 1. The van der Waals surface area contributed by atoms with E-state index in [1.165, 1.54) is 30.5 Å². The topological polar surface area (TPSA) is 35.5 Å². The van der Waals surface area contributed by atoms with Crippen molar-refractivity contribution in [1.29, 1.82) is 0 Å². The van der Waals surface area contributed by atoms with Crippen LogP contribution in [-0.2, 0) is 5.54 Å². The van der Waals surface area contributed by atoms with Crippen molar-refractivity contribution in [2.45, 2.75) is 83.9 Å². The van der Waals surface area contributed by atoms with Gasteiger partial charge in [0.1, 0.15) is 0 Å². The van der Waals surface area contributed by atoms with Gasteiger partial charge in [-0.3, -0.25) is 4.90 Å². The molecule has 0 radical (unpaired) electrons. The van der Waals surface area contributed by atoms with E-state index in [1.807, 2.05) is 6.92 Å². The number of aliphatic hydroxyl groups is 1. The van der Waals surface area contributed by atoms with Crippen molar-refractivity contribution < 1.29 is 5.11 Å². The van der Waals surface area contributed by atoms with Crippen LogP contribution in [0.1, 0.15) is 77.3 Å². The Bertz CT molecular complexity index is 529. The predicted octanol–water partition coefficient (Wildman–Crippen LogP) is 4.26. The molecule has 0 amide bonds. The highest BCUT2D eigenvalue weighted by Gasteiger charge is 2.27. The Hall–Kier alpha value is -0.900. The van der Waals surface area contributed by atoms with Crippen molar-refractivity contribution in [1.82, 2.24) is 10.2 Å². The molecule has 1 heterocycles. The van der Waals surface area contributed by atoms with Gasteiger partial charge in [-0.2, -0.15) is 0 Å². The van der Waals surface area contributed by atoms with Crippen molar-refractivity contribution in [3.05, 3.63) is 35.4 Å². The third-order valence-corrected chi connectivity index (χ3v) is 5.96. The van der Waals surface area contributed by atoms with Gasteiger partial charge in [-0.1, -0.05) is 45.0 Å². The number of hydrogen-bond donors (Lipinski definition) is 2. The molecule has 3 atom stereocenters. The number of likely N-dealkylation sites (N-methyl/N-ethyl adjacent to an activating group) is 1. The number of benzene rings is 1. The second-order valence-corrected chi connectivity index (χ2v) is 8.25. The number of nitrogens with zero attached hydrogens (tertiary/aromatic N) is 1. The van der Waals surface area contributed by atoms with Crippen molar-refractivity contribution >= 4 is 0 Å². The van der Waals surface area contributed by atoms with Crippen LogP contribution in [-0.4, -0.2) is 41.8 Å². The molecular formula is C22H38N2O. The van der Waals surface area contributed by atoms with Gasteiger partial charge >= 0.3 is 0 Å². The highest BCUT2D eigenvalue weighted by atomic mass is 16.3. The average molecular weight is 347 g/mol. The molecule has 1 aliphatic heterocycles. The lowest BCUT2D eigenvalue weighted by atomic mass is 9.87. The summed E-state index contributed by atoms with van der Waals surface area (Å²) in [5, 5.41) is 13.8. The minimum absolute atomic E-state index is 0.0406. The molecule has 0 saturated carbocycles. The van der Waals surface area contributed by atoms with Crippen LogP contribution in [0.15, 0.2) is 24.3 Å². The first kappa shape index (κ1) is 20.4. The van der Waals surface area contributed by atoms with Crippen molar-refractivity contribution in [2.75, 3.05) is 19.6 Å². The molecule has 25 heavy (non-hydrogen) atoms. The molecule has 3 unspecified atom stereocenters. The number of aliphatic hydroxyl groups excluding tert-OH is 1. The van der Waals surface area contributed by atoms with Gasteiger partial charge in [-0.15, -0.1) is 0 Å². The molecule has 142 valence electrons. The highest BCUT2D eigenvalue weighted by molar-refractivity contribution is 5.30. The maximum Gasteiger partial charge on any atom is 0.0543 e. The second-order valence-electron chi connectivity index (χ2n) is 8.25. The molecule has 2 N–H and O–H groups in total. The van der Waals surface area contributed by atoms with E-state index in [9.17, 15) is 5.11 Å². The van der Waals surface area contributed by atoms with Crippen LogP contribution in [0.25, 0.3) is 0 Å². The Balaban J connectivity index is 2.02. The van der Waals surface area contributed by atoms with Crippen LogP contribution in [0.5, 0.6) is 0 Å². The van der Waals surface area contributed by atoms with Crippen LogP contribution in [0, 0.1) is 0 Å². The van der Waals surface area contributed by atoms with E-state index in [0.29, 0.717) is 12.0 Å². The van der Waals surface area contributed by atoms with Crippen LogP contribution >= 0.6 is 0 Å². The maximum absolute atomic E-state index is 9.96. The lowest BCUT2D eigenvalue weighted by Crippen LogP contribution is -2.45. The lowest BCUT2D eigenvalue weighted by molar-refractivity contribution is 0.153. The standard InChI is InChI=1S/C22H38N2O/c1-6-21(25)14-17(3)18-10-8-11-19(15-18)22(4,5)23-16-20-12-9-13-24(20)7-2/h8,10-11,15,17,20-21,23,25H,6-7,9,12-14,16H2,1-5H3. The summed E-state index contributed by atoms with van der Waals surface area (Å²) >= 11 is 0. The summed E-state index contributed by atoms with van der Waals surface area (Å²) in [6.07, 6.45) is 4.09. The number of nitrogens with one attached hydrogen (secondary N) is 1. The molecule has 1 saturated heterocycles. The zero-order valence-corrected chi connectivity index (χ0v) is 16.9. The van der Waals surface area contributed by atoms with Crippen molar-refractivity contribution in [3.8, 4) is 0 Å². The smallest absolute Gasteiger partial charge is 0.0543 e. The fraction of sp³-hybridized carbons (Fsp3) is 0.727. The van der Waals surface area contributed by atoms with Crippen LogP contribution in [0.3, 0.4) is 0 Å². The summed E-state index contributed by atoms with van der Waals surface area (Å²) in [6.45, 7) is 14.5. The van der Waals surface area contributed by atoms with Gasteiger partial charge in [0.2, 0.25) is 0 Å². The average Bonchev–Trinajstić information content (AvgIpc) is 3.07. The SMILES string of the molecule is CCC(O)CC(C)c1cccc(C(C)(C)NCC2CCCN2CC)c1. The van der Waals surface area contributed by atoms with Crippen molar-refractivity contribution in [2.24, 2.45) is 0 Å². The monoisotopic (exact) mass is 346 g/mol. The highest BCUT2D eigenvalue weighted by Crippen LogP contribution is 2.27. The quantitative estimate of drug-likeness (QED) is 0.701. The molecule has 3 nitrogen and oxygen atoms in total. The molecular weight excluding hydrogens is 308 g/mol.